The number of carboxylic acids is 1. The number of hydrogen-bond donors (Lipinski definition) is 1. The van der Waals surface area contributed by atoms with Gasteiger partial charge in [0.05, 0.1) is 5.92 Å². The predicted octanol–water partition coefficient (Wildman–Crippen LogP) is 0.264. The lowest BCUT2D eigenvalue weighted by molar-refractivity contribution is -0.189. The first-order valence-corrected chi connectivity index (χ1v) is 5.29. The number of rotatable bonds is 3. The first-order chi connectivity index (χ1) is 7.99. The molecule has 3 unspecified atom stereocenters. The van der Waals surface area contributed by atoms with E-state index in [4.69, 9.17) is 9.47 Å². The largest absolute Gasteiger partial charge is 0.478 e. The second-order valence-electron chi connectivity index (χ2n) is 4.22. The van der Waals surface area contributed by atoms with Gasteiger partial charge in [-0.2, -0.15) is 0 Å². The summed E-state index contributed by atoms with van der Waals surface area (Å²) in [6, 6.07) is 0. The predicted molar refractivity (Wildman–Crippen MR) is 53.9 cm³/mol. The Morgan fingerprint density at radius 3 is 2.82 bits per heavy atom. The van der Waals surface area contributed by atoms with Crippen molar-refractivity contribution in [2.24, 2.45) is 5.92 Å². The van der Waals surface area contributed by atoms with Gasteiger partial charge in [0, 0.05) is 12.5 Å². The van der Waals surface area contributed by atoms with E-state index in [0.717, 1.165) is 6.08 Å². The van der Waals surface area contributed by atoms with Crippen LogP contribution in [-0.2, 0) is 23.9 Å². The Labute approximate surface area is 97.2 Å². The molecule has 6 nitrogen and oxygen atoms in total. The summed E-state index contributed by atoms with van der Waals surface area (Å²) in [6.07, 6.45) is 0.869. The van der Waals surface area contributed by atoms with E-state index >= 15 is 0 Å². The minimum absolute atomic E-state index is 0.0657. The summed E-state index contributed by atoms with van der Waals surface area (Å²) in [5.74, 6) is -2.90. The number of carbonyl (C=O) groups is 3. The third-order valence-corrected chi connectivity index (χ3v) is 3.25. The van der Waals surface area contributed by atoms with Crippen LogP contribution in [0.25, 0.3) is 0 Å². The van der Waals surface area contributed by atoms with Crippen molar-refractivity contribution >= 4 is 17.9 Å². The summed E-state index contributed by atoms with van der Waals surface area (Å²) in [7, 11) is 0. The van der Waals surface area contributed by atoms with Gasteiger partial charge in [-0.1, -0.05) is 6.58 Å². The Morgan fingerprint density at radius 1 is 1.53 bits per heavy atom. The zero-order valence-electron chi connectivity index (χ0n) is 9.05. The Kier molecular flexibility index (Phi) is 2.65. The van der Waals surface area contributed by atoms with E-state index in [0.29, 0.717) is 12.8 Å². The van der Waals surface area contributed by atoms with Gasteiger partial charge >= 0.3 is 17.9 Å². The highest BCUT2D eigenvalue weighted by atomic mass is 16.6. The SMILES string of the molecule is C=CC(=O)OC1CCC2CC1(C(=O)O)OC2=O. The van der Waals surface area contributed by atoms with E-state index in [1.807, 2.05) is 0 Å². The smallest absolute Gasteiger partial charge is 0.352 e. The Hall–Kier alpha value is -1.85. The molecule has 2 bridgehead atoms. The standard InChI is InChI=1S/C11H12O6/c1-2-8(12)16-7-4-3-6-5-11(7,10(14)15)17-9(6)13/h2,6-7H,1,3-5H2,(H,14,15). The topological polar surface area (TPSA) is 89.9 Å². The zero-order chi connectivity index (χ0) is 12.6. The molecule has 2 rings (SSSR count). The second kappa shape index (κ2) is 3.87. The number of ether oxygens (including phenoxy) is 2. The number of carbonyl (C=O) groups excluding carboxylic acids is 2. The lowest BCUT2D eigenvalue weighted by Gasteiger charge is -2.33. The van der Waals surface area contributed by atoms with Gasteiger partial charge in [0.1, 0.15) is 0 Å². The van der Waals surface area contributed by atoms with Crippen LogP contribution in [0.5, 0.6) is 0 Å². The van der Waals surface area contributed by atoms with Gasteiger partial charge < -0.3 is 14.6 Å². The first kappa shape index (κ1) is 11.6. The van der Waals surface area contributed by atoms with Crippen molar-refractivity contribution in [2.75, 3.05) is 0 Å². The molecule has 1 aliphatic carbocycles. The number of carboxylic acid groups (broad SMARTS) is 1. The van der Waals surface area contributed by atoms with Crippen molar-refractivity contribution in [1.82, 2.24) is 0 Å². The number of hydrogen-bond acceptors (Lipinski definition) is 5. The molecule has 0 amide bonds. The quantitative estimate of drug-likeness (QED) is 0.562. The molecule has 1 saturated heterocycles. The molecule has 6 heteroatoms. The van der Waals surface area contributed by atoms with Crippen molar-refractivity contribution in [1.29, 1.82) is 0 Å². The van der Waals surface area contributed by atoms with Crippen LogP contribution in [0.1, 0.15) is 19.3 Å². The summed E-state index contributed by atoms with van der Waals surface area (Å²) in [5, 5.41) is 9.19. The monoisotopic (exact) mass is 240 g/mol. The molecular weight excluding hydrogens is 228 g/mol. The summed E-state index contributed by atoms with van der Waals surface area (Å²) in [5.41, 5.74) is -1.71. The number of aliphatic carboxylic acids is 1. The van der Waals surface area contributed by atoms with E-state index in [2.05, 4.69) is 6.58 Å². The van der Waals surface area contributed by atoms with Crippen LogP contribution < -0.4 is 0 Å². The highest BCUT2D eigenvalue weighted by molar-refractivity contribution is 5.89. The van der Waals surface area contributed by atoms with Crippen LogP contribution >= 0.6 is 0 Å². The fourth-order valence-corrected chi connectivity index (χ4v) is 2.37. The zero-order valence-corrected chi connectivity index (χ0v) is 9.05. The lowest BCUT2D eigenvalue weighted by atomic mass is 9.78. The van der Waals surface area contributed by atoms with Crippen molar-refractivity contribution in [3.8, 4) is 0 Å². The molecule has 17 heavy (non-hydrogen) atoms. The molecule has 1 heterocycles. The van der Waals surface area contributed by atoms with Crippen LogP contribution in [0, 0.1) is 5.92 Å². The van der Waals surface area contributed by atoms with Crippen molar-refractivity contribution in [3.63, 3.8) is 0 Å². The maximum absolute atomic E-state index is 11.4. The average molecular weight is 240 g/mol. The Balaban J connectivity index is 2.26. The van der Waals surface area contributed by atoms with E-state index in [1.165, 1.54) is 0 Å². The average Bonchev–Trinajstić information content (AvgIpc) is 2.57. The van der Waals surface area contributed by atoms with Gasteiger partial charge in [0.2, 0.25) is 5.60 Å². The third-order valence-electron chi connectivity index (χ3n) is 3.25. The molecule has 0 aromatic rings. The van der Waals surface area contributed by atoms with Gasteiger partial charge in [0.25, 0.3) is 0 Å². The normalized spacial score (nSPS) is 34.9. The summed E-state index contributed by atoms with van der Waals surface area (Å²) in [4.78, 5) is 33.8. The molecule has 1 saturated carbocycles. The molecule has 1 aliphatic heterocycles. The van der Waals surface area contributed by atoms with Crippen LogP contribution in [0.3, 0.4) is 0 Å². The molecule has 0 radical (unpaired) electrons. The highest BCUT2D eigenvalue weighted by Crippen LogP contribution is 2.44. The van der Waals surface area contributed by atoms with Gasteiger partial charge in [-0.05, 0) is 12.8 Å². The van der Waals surface area contributed by atoms with E-state index in [-0.39, 0.29) is 6.42 Å². The van der Waals surface area contributed by atoms with Crippen LogP contribution in [0.4, 0.5) is 0 Å². The lowest BCUT2D eigenvalue weighted by Crippen LogP contribution is -2.52. The van der Waals surface area contributed by atoms with Crippen molar-refractivity contribution in [3.05, 3.63) is 12.7 Å². The van der Waals surface area contributed by atoms with Gasteiger partial charge in [-0.3, -0.25) is 4.79 Å². The van der Waals surface area contributed by atoms with Gasteiger partial charge in [-0.15, -0.1) is 0 Å². The van der Waals surface area contributed by atoms with E-state index in [1.54, 1.807) is 0 Å². The minimum Gasteiger partial charge on any atom is -0.478 e. The number of fused-ring (bicyclic) bond motifs is 2. The molecule has 2 aliphatic rings. The van der Waals surface area contributed by atoms with E-state index < -0.39 is 35.5 Å². The molecule has 92 valence electrons. The first-order valence-electron chi connectivity index (χ1n) is 5.29. The fraction of sp³-hybridized carbons (Fsp3) is 0.545. The Bertz CT molecular complexity index is 401. The number of esters is 2. The molecule has 0 spiro atoms. The highest BCUT2D eigenvalue weighted by Gasteiger charge is 2.62. The van der Waals surface area contributed by atoms with Crippen LogP contribution in [-0.4, -0.2) is 34.7 Å². The van der Waals surface area contributed by atoms with E-state index in [9.17, 15) is 19.5 Å². The summed E-state index contributed by atoms with van der Waals surface area (Å²) in [6.45, 7) is 3.24. The maximum Gasteiger partial charge on any atom is 0.352 e. The van der Waals surface area contributed by atoms with Gasteiger partial charge in [-0.25, -0.2) is 9.59 Å². The summed E-state index contributed by atoms with van der Waals surface area (Å²) >= 11 is 0. The maximum atomic E-state index is 11.4. The van der Waals surface area contributed by atoms with Crippen LogP contribution in [0.15, 0.2) is 12.7 Å². The molecule has 2 fully saturated rings. The van der Waals surface area contributed by atoms with Crippen molar-refractivity contribution < 1.29 is 29.0 Å². The van der Waals surface area contributed by atoms with Crippen molar-refractivity contribution in [2.45, 2.75) is 31.0 Å². The molecule has 1 N–H and O–H groups in total. The van der Waals surface area contributed by atoms with Crippen LogP contribution in [0.2, 0.25) is 0 Å². The molecule has 0 aromatic heterocycles. The molecular formula is C11H12O6. The molecule has 3 atom stereocenters. The second-order valence-corrected chi connectivity index (χ2v) is 4.22. The Morgan fingerprint density at radius 2 is 2.24 bits per heavy atom. The van der Waals surface area contributed by atoms with Gasteiger partial charge in [0.15, 0.2) is 6.10 Å². The minimum atomic E-state index is -1.71. The molecule has 0 aromatic carbocycles. The summed E-state index contributed by atoms with van der Waals surface area (Å²) < 4.78 is 9.91. The third kappa shape index (κ3) is 1.69. The fourth-order valence-electron chi connectivity index (χ4n) is 2.37.